The largest absolute Gasteiger partial charge is 0.318 e. The minimum Gasteiger partial charge on any atom is -0.318 e. The van der Waals surface area contributed by atoms with Crippen molar-refractivity contribution in [2.45, 2.75) is 13.8 Å². The van der Waals surface area contributed by atoms with Gasteiger partial charge in [0.1, 0.15) is 5.57 Å². The molecule has 0 radical (unpaired) electrons. The molecule has 4 rings (SSSR count). The van der Waals surface area contributed by atoms with E-state index >= 15 is 0 Å². The highest BCUT2D eigenvalue weighted by molar-refractivity contribution is 9.10. The quantitative estimate of drug-likeness (QED) is 0.336. The summed E-state index contributed by atoms with van der Waals surface area (Å²) in [5.74, 6) is -0.936. The smallest absolute Gasteiger partial charge is 0.270 e. The van der Waals surface area contributed by atoms with Crippen LogP contribution in [-0.4, -0.2) is 21.5 Å². The maximum atomic E-state index is 13.2. The number of rotatable bonds is 3. The van der Waals surface area contributed by atoms with Crippen molar-refractivity contribution in [3.05, 3.63) is 87.7 Å². The number of thiocarbonyl (C=S) groups is 1. The molecule has 0 aliphatic carbocycles. The van der Waals surface area contributed by atoms with Gasteiger partial charge in [-0.1, -0.05) is 34.1 Å². The Kier molecular flexibility index (Phi) is 5.40. The van der Waals surface area contributed by atoms with E-state index in [0.717, 1.165) is 27.1 Å². The van der Waals surface area contributed by atoms with Crippen LogP contribution in [0.5, 0.6) is 0 Å². The van der Waals surface area contributed by atoms with Gasteiger partial charge in [0.05, 0.1) is 5.69 Å². The topological polar surface area (TPSA) is 54.3 Å². The number of amides is 2. The first-order valence-corrected chi connectivity index (χ1v) is 10.5. The van der Waals surface area contributed by atoms with Gasteiger partial charge < -0.3 is 4.57 Å². The minimum atomic E-state index is -0.495. The lowest BCUT2D eigenvalue weighted by Crippen LogP contribution is -2.54. The fourth-order valence-electron chi connectivity index (χ4n) is 3.55. The van der Waals surface area contributed by atoms with Crippen molar-refractivity contribution >= 4 is 56.8 Å². The third kappa shape index (κ3) is 3.62. The van der Waals surface area contributed by atoms with Crippen molar-refractivity contribution < 1.29 is 9.59 Å². The van der Waals surface area contributed by atoms with Crippen LogP contribution in [0.15, 0.2) is 70.7 Å². The first kappa shape index (κ1) is 20.3. The third-order valence-corrected chi connectivity index (χ3v) is 5.78. The average Bonchev–Trinajstić information content (AvgIpc) is 3.00. The second-order valence-corrected chi connectivity index (χ2v) is 8.23. The summed E-state index contributed by atoms with van der Waals surface area (Å²) in [4.78, 5) is 27.1. The zero-order valence-corrected chi connectivity index (χ0v) is 18.8. The number of para-hydroxylation sites is 1. The standard InChI is InChI=1S/C23H18BrN3O2S/c1-14-12-16(15(2)26(14)19-10-8-17(24)9-11-19)13-20-21(28)25-23(30)27(22(20)29)18-6-4-3-5-7-18/h3-13H,1-2H3,(H,25,28,30)/b20-13-. The van der Waals surface area contributed by atoms with E-state index in [0.29, 0.717) is 5.69 Å². The number of halogens is 1. The van der Waals surface area contributed by atoms with Crippen molar-refractivity contribution in [1.82, 2.24) is 9.88 Å². The van der Waals surface area contributed by atoms with Crippen LogP contribution in [0.1, 0.15) is 17.0 Å². The lowest BCUT2D eigenvalue weighted by Gasteiger charge is -2.28. The highest BCUT2D eigenvalue weighted by atomic mass is 79.9. The molecule has 1 aliphatic heterocycles. The van der Waals surface area contributed by atoms with Gasteiger partial charge >= 0.3 is 0 Å². The van der Waals surface area contributed by atoms with E-state index in [4.69, 9.17) is 12.2 Å². The fraction of sp³-hybridized carbons (Fsp3) is 0.0870. The van der Waals surface area contributed by atoms with E-state index < -0.39 is 11.8 Å². The number of hydrogen-bond acceptors (Lipinski definition) is 3. The van der Waals surface area contributed by atoms with Crippen LogP contribution in [0, 0.1) is 13.8 Å². The van der Waals surface area contributed by atoms with Gasteiger partial charge in [-0.15, -0.1) is 0 Å². The first-order valence-electron chi connectivity index (χ1n) is 9.28. The van der Waals surface area contributed by atoms with Crippen LogP contribution in [0.25, 0.3) is 11.8 Å². The summed E-state index contributed by atoms with van der Waals surface area (Å²) in [5, 5.41) is 2.70. The Hall–Kier alpha value is -3.03. The molecule has 1 aromatic heterocycles. The molecule has 150 valence electrons. The molecule has 0 atom stereocenters. The van der Waals surface area contributed by atoms with Gasteiger partial charge in [0.25, 0.3) is 11.8 Å². The molecule has 7 heteroatoms. The number of anilines is 1. The van der Waals surface area contributed by atoms with Gasteiger partial charge in [-0.25, -0.2) is 0 Å². The number of benzene rings is 2. The Labute approximate surface area is 188 Å². The molecule has 2 heterocycles. The minimum absolute atomic E-state index is 0.0449. The summed E-state index contributed by atoms with van der Waals surface area (Å²) in [6, 6.07) is 19.0. The number of nitrogens with zero attached hydrogens (tertiary/aromatic N) is 2. The Bertz CT molecular complexity index is 1200. The van der Waals surface area contributed by atoms with E-state index in [2.05, 4.69) is 25.8 Å². The number of aryl methyl sites for hydroxylation is 1. The molecule has 3 aromatic rings. The summed E-state index contributed by atoms with van der Waals surface area (Å²) in [7, 11) is 0. The van der Waals surface area contributed by atoms with E-state index in [-0.39, 0.29) is 10.7 Å². The summed E-state index contributed by atoms with van der Waals surface area (Å²) in [6.07, 6.45) is 1.63. The summed E-state index contributed by atoms with van der Waals surface area (Å²) in [6.45, 7) is 3.96. The van der Waals surface area contributed by atoms with Crippen LogP contribution in [0.2, 0.25) is 0 Å². The van der Waals surface area contributed by atoms with Crippen molar-refractivity contribution in [2.75, 3.05) is 4.90 Å². The number of aromatic nitrogens is 1. The summed E-state index contributed by atoms with van der Waals surface area (Å²) >= 11 is 8.70. The second kappa shape index (κ2) is 8.01. The van der Waals surface area contributed by atoms with Crippen LogP contribution in [0.3, 0.4) is 0 Å². The Morgan fingerprint density at radius 2 is 1.63 bits per heavy atom. The molecule has 0 saturated carbocycles. The highest BCUT2D eigenvalue weighted by Crippen LogP contribution is 2.26. The molecule has 30 heavy (non-hydrogen) atoms. The SMILES string of the molecule is Cc1cc(/C=C2/C(=O)NC(=S)N(c3ccccc3)C2=O)c(C)n1-c1ccc(Br)cc1. The van der Waals surface area contributed by atoms with Crippen molar-refractivity contribution in [3.63, 3.8) is 0 Å². The zero-order chi connectivity index (χ0) is 21.4. The maximum absolute atomic E-state index is 13.2. The molecular weight excluding hydrogens is 462 g/mol. The molecule has 5 nitrogen and oxygen atoms in total. The fourth-order valence-corrected chi connectivity index (χ4v) is 4.09. The van der Waals surface area contributed by atoms with Gasteiger partial charge in [0, 0.05) is 21.5 Å². The predicted octanol–water partition coefficient (Wildman–Crippen LogP) is 4.69. The molecule has 2 aromatic carbocycles. The van der Waals surface area contributed by atoms with Crippen LogP contribution >= 0.6 is 28.1 Å². The highest BCUT2D eigenvalue weighted by Gasteiger charge is 2.34. The molecule has 1 fully saturated rings. The number of carbonyl (C=O) groups is 2. The second-order valence-electron chi connectivity index (χ2n) is 6.93. The van der Waals surface area contributed by atoms with Crippen LogP contribution in [-0.2, 0) is 9.59 Å². The van der Waals surface area contributed by atoms with Crippen molar-refractivity contribution in [1.29, 1.82) is 0 Å². The average molecular weight is 480 g/mol. The zero-order valence-electron chi connectivity index (χ0n) is 16.3. The van der Waals surface area contributed by atoms with Gasteiger partial charge in [0.15, 0.2) is 5.11 Å². The van der Waals surface area contributed by atoms with Gasteiger partial charge in [-0.3, -0.25) is 19.8 Å². The number of carbonyl (C=O) groups excluding carboxylic acids is 2. The lowest BCUT2D eigenvalue weighted by molar-refractivity contribution is -0.122. The molecule has 0 spiro atoms. The Morgan fingerprint density at radius 3 is 2.30 bits per heavy atom. The van der Waals surface area contributed by atoms with Gasteiger partial charge in [0.2, 0.25) is 0 Å². The molecule has 1 saturated heterocycles. The van der Waals surface area contributed by atoms with E-state index in [9.17, 15) is 9.59 Å². The van der Waals surface area contributed by atoms with E-state index in [1.54, 1.807) is 18.2 Å². The lowest BCUT2D eigenvalue weighted by atomic mass is 10.1. The van der Waals surface area contributed by atoms with E-state index in [1.807, 2.05) is 62.4 Å². The Balaban J connectivity index is 1.76. The predicted molar refractivity (Wildman–Crippen MR) is 126 cm³/mol. The van der Waals surface area contributed by atoms with Crippen molar-refractivity contribution in [3.8, 4) is 5.69 Å². The van der Waals surface area contributed by atoms with Crippen molar-refractivity contribution in [2.24, 2.45) is 0 Å². The summed E-state index contributed by atoms with van der Waals surface area (Å²) in [5.41, 5.74) is 4.39. The Morgan fingerprint density at radius 1 is 0.967 bits per heavy atom. The van der Waals surface area contributed by atoms with Gasteiger partial charge in [-0.2, -0.15) is 0 Å². The normalized spacial score (nSPS) is 15.6. The molecule has 1 N–H and O–H groups in total. The number of nitrogens with one attached hydrogen (secondary N) is 1. The summed E-state index contributed by atoms with van der Waals surface area (Å²) < 4.78 is 3.08. The molecule has 0 bridgehead atoms. The molecule has 1 aliphatic rings. The van der Waals surface area contributed by atoms with Crippen LogP contribution in [0.4, 0.5) is 5.69 Å². The molecule has 2 amide bonds. The van der Waals surface area contributed by atoms with Gasteiger partial charge in [-0.05, 0) is 80.2 Å². The van der Waals surface area contributed by atoms with Crippen LogP contribution < -0.4 is 10.2 Å². The van der Waals surface area contributed by atoms with E-state index in [1.165, 1.54) is 4.90 Å². The first-order chi connectivity index (χ1) is 14.4. The number of hydrogen-bond donors (Lipinski definition) is 1. The molecule has 0 unspecified atom stereocenters. The monoisotopic (exact) mass is 479 g/mol. The molecular formula is C23H18BrN3O2S. The maximum Gasteiger partial charge on any atom is 0.270 e. The third-order valence-electron chi connectivity index (χ3n) is 4.97.